The Hall–Kier alpha value is -2.41. The summed E-state index contributed by atoms with van der Waals surface area (Å²) in [7, 11) is 0. The SMILES string of the molecule is CCSc1nc(N2CCC(C=O)CC2)cc(C)c1C(=O)NCc1cccc(F)c1. The molecule has 1 saturated heterocycles. The van der Waals surface area contributed by atoms with Crippen LogP contribution in [-0.4, -0.2) is 36.0 Å². The number of anilines is 1. The third-order valence-electron chi connectivity index (χ3n) is 5.08. The normalized spacial score (nSPS) is 14.7. The largest absolute Gasteiger partial charge is 0.357 e. The van der Waals surface area contributed by atoms with Gasteiger partial charge in [-0.3, -0.25) is 4.79 Å². The van der Waals surface area contributed by atoms with Crippen molar-refractivity contribution in [2.75, 3.05) is 23.7 Å². The first kappa shape index (κ1) is 21.3. The van der Waals surface area contributed by atoms with Crippen LogP contribution in [0.3, 0.4) is 0 Å². The number of pyridine rings is 1. The highest BCUT2D eigenvalue weighted by Crippen LogP contribution is 2.29. The van der Waals surface area contributed by atoms with Crippen molar-refractivity contribution in [1.82, 2.24) is 10.3 Å². The molecule has 2 heterocycles. The van der Waals surface area contributed by atoms with Crippen LogP contribution in [0.2, 0.25) is 0 Å². The van der Waals surface area contributed by atoms with Crippen LogP contribution in [0.25, 0.3) is 0 Å². The number of carbonyl (C=O) groups is 2. The van der Waals surface area contributed by atoms with E-state index in [0.717, 1.165) is 49.4 Å². The summed E-state index contributed by atoms with van der Waals surface area (Å²) >= 11 is 1.54. The molecule has 0 atom stereocenters. The van der Waals surface area contributed by atoms with Gasteiger partial charge in [0, 0.05) is 25.6 Å². The molecule has 7 heteroatoms. The van der Waals surface area contributed by atoms with Crippen molar-refractivity contribution in [2.24, 2.45) is 5.92 Å². The minimum atomic E-state index is -0.320. The van der Waals surface area contributed by atoms with Gasteiger partial charge in [-0.15, -0.1) is 11.8 Å². The Morgan fingerprint density at radius 1 is 1.34 bits per heavy atom. The first-order valence-electron chi connectivity index (χ1n) is 9.89. The number of hydrogen-bond donors (Lipinski definition) is 1. The van der Waals surface area contributed by atoms with Crippen LogP contribution in [0.1, 0.15) is 41.3 Å². The number of thioether (sulfide) groups is 1. The van der Waals surface area contributed by atoms with Gasteiger partial charge >= 0.3 is 0 Å². The molecule has 1 aromatic heterocycles. The van der Waals surface area contributed by atoms with Crippen LogP contribution >= 0.6 is 11.8 Å². The standard InChI is InChI=1S/C22H26FN3O2S/c1-3-29-22-20(21(28)24-13-17-5-4-6-18(23)12-17)15(2)11-19(25-22)26-9-7-16(14-27)8-10-26/h4-6,11-12,14,16H,3,7-10,13H2,1-2H3,(H,24,28). The van der Waals surface area contributed by atoms with Crippen LogP contribution < -0.4 is 10.2 Å². The fraction of sp³-hybridized carbons (Fsp3) is 0.409. The number of carbonyl (C=O) groups excluding carboxylic acids is 2. The lowest BCUT2D eigenvalue weighted by Gasteiger charge is -2.31. The quantitative estimate of drug-likeness (QED) is 0.547. The van der Waals surface area contributed by atoms with Gasteiger partial charge in [-0.05, 0) is 54.8 Å². The Kier molecular flexibility index (Phi) is 7.25. The van der Waals surface area contributed by atoms with E-state index < -0.39 is 0 Å². The van der Waals surface area contributed by atoms with Crippen LogP contribution in [0, 0.1) is 18.7 Å². The predicted octanol–water partition coefficient (Wildman–Crippen LogP) is 3.99. The maximum Gasteiger partial charge on any atom is 0.254 e. The molecule has 1 amide bonds. The number of rotatable bonds is 7. The molecule has 2 aromatic rings. The van der Waals surface area contributed by atoms with E-state index in [1.807, 2.05) is 19.9 Å². The van der Waals surface area contributed by atoms with Gasteiger partial charge in [-0.2, -0.15) is 0 Å². The van der Waals surface area contributed by atoms with Crippen molar-refractivity contribution in [3.63, 3.8) is 0 Å². The molecular formula is C22H26FN3O2S. The average Bonchev–Trinajstić information content (AvgIpc) is 2.72. The smallest absolute Gasteiger partial charge is 0.254 e. The van der Waals surface area contributed by atoms with Crippen LogP contribution in [0.4, 0.5) is 10.2 Å². The number of piperidine rings is 1. The van der Waals surface area contributed by atoms with Crippen LogP contribution in [-0.2, 0) is 11.3 Å². The summed E-state index contributed by atoms with van der Waals surface area (Å²) in [4.78, 5) is 30.8. The van der Waals surface area contributed by atoms with Crippen molar-refractivity contribution in [3.8, 4) is 0 Å². The summed E-state index contributed by atoms with van der Waals surface area (Å²) < 4.78 is 13.4. The lowest BCUT2D eigenvalue weighted by molar-refractivity contribution is -0.111. The van der Waals surface area contributed by atoms with Gasteiger partial charge in [0.2, 0.25) is 0 Å². The summed E-state index contributed by atoms with van der Waals surface area (Å²) in [6.45, 7) is 5.78. The maximum atomic E-state index is 13.4. The number of aldehydes is 1. The molecule has 0 saturated carbocycles. The van der Waals surface area contributed by atoms with Gasteiger partial charge in [0.25, 0.3) is 5.91 Å². The second-order valence-electron chi connectivity index (χ2n) is 7.18. The number of nitrogens with one attached hydrogen (secondary N) is 1. The highest BCUT2D eigenvalue weighted by molar-refractivity contribution is 7.99. The molecule has 1 N–H and O–H groups in total. The molecule has 29 heavy (non-hydrogen) atoms. The van der Waals surface area contributed by atoms with Crippen LogP contribution in [0.15, 0.2) is 35.4 Å². The van der Waals surface area contributed by atoms with E-state index in [1.54, 1.807) is 12.1 Å². The Morgan fingerprint density at radius 2 is 2.10 bits per heavy atom. The molecule has 1 fully saturated rings. The molecule has 0 bridgehead atoms. The number of halogens is 1. The van der Waals surface area contributed by atoms with Gasteiger partial charge in [-0.1, -0.05) is 19.1 Å². The van der Waals surface area contributed by atoms with Gasteiger partial charge < -0.3 is 15.0 Å². The van der Waals surface area contributed by atoms with Crippen molar-refractivity contribution in [2.45, 2.75) is 38.3 Å². The average molecular weight is 416 g/mol. The topological polar surface area (TPSA) is 62.3 Å². The van der Waals surface area contributed by atoms with Crippen molar-refractivity contribution >= 4 is 29.8 Å². The number of hydrogen-bond acceptors (Lipinski definition) is 5. The number of nitrogens with zero attached hydrogens (tertiary/aromatic N) is 2. The fourth-order valence-corrected chi connectivity index (χ4v) is 4.32. The van der Waals surface area contributed by atoms with Crippen molar-refractivity contribution in [3.05, 3.63) is 52.8 Å². The number of benzene rings is 1. The highest BCUT2D eigenvalue weighted by Gasteiger charge is 2.23. The molecule has 0 aliphatic carbocycles. The number of aromatic nitrogens is 1. The van der Waals surface area contributed by atoms with Crippen molar-refractivity contribution in [1.29, 1.82) is 0 Å². The molecule has 0 radical (unpaired) electrons. The summed E-state index contributed by atoms with van der Waals surface area (Å²) in [5, 5.41) is 3.59. The summed E-state index contributed by atoms with van der Waals surface area (Å²) in [6, 6.07) is 8.15. The fourth-order valence-electron chi connectivity index (χ4n) is 3.49. The third kappa shape index (κ3) is 5.35. The summed E-state index contributed by atoms with van der Waals surface area (Å²) in [5.41, 5.74) is 2.14. The molecule has 1 aromatic carbocycles. The zero-order valence-electron chi connectivity index (χ0n) is 16.8. The van der Waals surface area contributed by atoms with E-state index in [4.69, 9.17) is 4.98 Å². The molecule has 5 nitrogen and oxygen atoms in total. The Labute approximate surface area is 175 Å². The number of aryl methyl sites for hydroxylation is 1. The zero-order valence-corrected chi connectivity index (χ0v) is 17.6. The van der Waals surface area contributed by atoms with Gasteiger partial charge in [0.1, 0.15) is 22.9 Å². The minimum absolute atomic E-state index is 0.129. The molecule has 0 spiro atoms. The monoisotopic (exact) mass is 415 g/mol. The molecular weight excluding hydrogens is 389 g/mol. The minimum Gasteiger partial charge on any atom is -0.357 e. The van der Waals surface area contributed by atoms with Gasteiger partial charge in [0.05, 0.1) is 5.56 Å². The van der Waals surface area contributed by atoms with E-state index in [0.29, 0.717) is 16.2 Å². The molecule has 3 rings (SSSR count). The Bertz CT molecular complexity index is 882. The Morgan fingerprint density at radius 3 is 2.76 bits per heavy atom. The van der Waals surface area contributed by atoms with Gasteiger partial charge in [-0.25, -0.2) is 9.37 Å². The second kappa shape index (κ2) is 9.87. The molecule has 1 aliphatic heterocycles. The first-order chi connectivity index (χ1) is 14.0. The summed E-state index contributed by atoms with van der Waals surface area (Å²) in [6.07, 6.45) is 2.70. The van der Waals surface area contributed by atoms with E-state index in [-0.39, 0.29) is 24.2 Å². The van der Waals surface area contributed by atoms with Crippen molar-refractivity contribution < 1.29 is 14.0 Å². The van der Waals surface area contributed by atoms with E-state index >= 15 is 0 Å². The van der Waals surface area contributed by atoms with E-state index in [1.165, 1.54) is 23.9 Å². The lowest BCUT2D eigenvalue weighted by atomic mass is 9.98. The molecule has 0 unspecified atom stereocenters. The third-order valence-corrected chi connectivity index (χ3v) is 5.93. The van der Waals surface area contributed by atoms with Gasteiger partial charge in [0.15, 0.2) is 0 Å². The summed E-state index contributed by atoms with van der Waals surface area (Å²) in [5.74, 6) is 1.25. The lowest BCUT2D eigenvalue weighted by Crippen LogP contribution is -2.35. The molecule has 154 valence electrons. The van der Waals surface area contributed by atoms with E-state index in [9.17, 15) is 14.0 Å². The maximum absolute atomic E-state index is 13.4. The highest BCUT2D eigenvalue weighted by atomic mass is 32.2. The number of amides is 1. The Balaban J connectivity index is 1.78. The van der Waals surface area contributed by atoms with Crippen LogP contribution in [0.5, 0.6) is 0 Å². The first-order valence-corrected chi connectivity index (χ1v) is 10.9. The predicted molar refractivity (Wildman–Crippen MR) is 114 cm³/mol. The molecule has 1 aliphatic rings. The zero-order chi connectivity index (χ0) is 20.8. The van der Waals surface area contributed by atoms with E-state index in [2.05, 4.69) is 10.2 Å². The second-order valence-corrected chi connectivity index (χ2v) is 8.44.